The quantitative estimate of drug-likeness (QED) is 0.712. The lowest BCUT2D eigenvalue weighted by atomic mass is 9.98. The van der Waals surface area contributed by atoms with Crippen LogP contribution in [0.5, 0.6) is 0 Å². The zero-order valence-electron chi connectivity index (χ0n) is 7.22. The predicted octanol–water partition coefficient (Wildman–Crippen LogP) is 3.50. The van der Waals surface area contributed by atoms with Gasteiger partial charge in [-0.25, -0.2) is 4.39 Å². The number of nitriles is 1. The third-order valence-electron chi connectivity index (χ3n) is 1.89. The normalized spacial score (nSPS) is 12.2. The summed E-state index contributed by atoms with van der Waals surface area (Å²) in [5.74, 6) is -0.419. The second-order valence-electron chi connectivity index (χ2n) is 2.93. The Morgan fingerprint density at radius 1 is 1.62 bits per heavy atom. The summed E-state index contributed by atoms with van der Waals surface area (Å²) in [6.07, 6.45) is 0.318. The van der Waals surface area contributed by atoms with Crippen LogP contribution in [0.2, 0.25) is 5.02 Å². The first-order chi connectivity index (χ1) is 6.15. The van der Waals surface area contributed by atoms with E-state index in [0.717, 1.165) is 0 Å². The van der Waals surface area contributed by atoms with E-state index in [0.29, 0.717) is 17.0 Å². The Morgan fingerprint density at radius 3 is 2.85 bits per heavy atom. The van der Waals surface area contributed by atoms with E-state index in [-0.39, 0.29) is 11.7 Å². The summed E-state index contributed by atoms with van der Waals surface area (Å²) in [7, 11) is 0. The summed E-state index contributed by atoms with van der Waals surface area (Å²) in [6, 6.07) is 6.53. The molecule has 0 unspecified atom stereocenters. The van der Waals surface area contributed by atoms with E-state index in [2.05, 4.69) is 0 Å². The van der Waals surface area contributed by atoms with Crippen molar-refractivity contribution in [2.45, 2.75) is 19.3 Å². The molecule has 1 aromatic rings. The van der Waals surface area contributed by atoms with Crippen molar-refractivity contribution < 1.29 is 4.39 Å². The molecular formula is C10H9ClFN. The Balaban J connectivity index is 2.96. The van der Waals surface area contributed by atoms with Crippen LogP contribution in [0.25, 0.3) is 0 Å². The molecule has 1 nitrogen and oxygen atoms in total. The van der Waals surface area contributed by atoms with E-state index < -0.39 is 0 Å². The van der Waals surface area contributed by atoms with Gasteiger partial charge < -0.3 is 0 Å². The topological polar surface area (TPSA) is 23.8 Å². The maximum Gasteiger partial charge on any atom is 0.128 e. The lowest BCUT2D eigenvalue weighted by Crippen LogP contribution is -1.95. The highest BCUT2D eigenvalue weighted by Gasteiger charge is 2.10. The van der Waals surface area contributed by atoms with Crippen LogP contribution in [0.1, 0.15) is 24.8 Å². The summed E-state index contributed by atoms with van der Waals surface area (Å²) in [4.78, 5) is 0. The van der Waals surface area contributed by atoms with Gasteiger partial charge in [-0.15, -0.1) is 0 Å². The van der Waals surface area contributed by atoms with E-state index in [1.54, 1.807) is 12.1 Å². The van der Waals surface area contributed by atoms with Gasteiger partial charge in [-0.05, 0) is 23.6 Å². The van der Waals surface area contributed by atoms with Crippen molar-refractivity contribution in [2.75, 3.05) is 0 Å². The molecule has 0 aromatic heterocycles. The molecule has 0 heterocycles. The molecule has 1 atom stereocenters. The van der Waals surface area contributed by atoms with E-state index in [9.17, 15) is 4.39 Å². The van der Waals surface area contributed by atoms with Crippen molar-refractivity contribution in [3.8, 4) is 6.07 Å². The van der Waals surface area contributed by atoms with Gasteiger partial charge in [-0.2, -0.15) is 5.26 Å². The monoisotopic (exact) mass is 197 g/mol. The molecule has 13 heavy (non-hydrogen) atoms. The van der Waals surface area contributed by atoms with Gasteiger partial charge in [0.15, 0.2) is 0 Å². The predicted molar refractivity (Wildman–Crippen MR) is 50.1 cm³/mol. The minimum absolute atomic E-state index is 0.0812. The van der Waals surface area contributed by atoms with Crippen molar-refractivity contribution in [3.63, 3.8) is 0 Å². The van der Waals surface area contributed by atoms with Crippen molar-refractivity contribution in [1.29, 1.82) is 5.26 Å². The van der Waals surface area contributed by atoms with Crippen molar-refractivity contribution in [2.24, 2.45) is 0 Å². The Labute approximate surface area is 81.8 Å². The van der Waals surface area contributed by atoms with Crippen LogP contribution in [0, 0.1) is 17.1 Å². The molecular weight excluding hydrogens is 189 g/mol. The van der Waals surface area contributed by atoms with Gasteiger partial charge in [0.05, 0.1) is 6.07 Å². The standard InChI is InChI=1S/C10H9ClFN/c1-7(4-5-13)9-3-2-8(11)6-10(9)12/h2-3,6-7H,4H2,1H3/t7-/m0/s1. The van der Waals surface area contributed by atoms with E-state index in [1.165, 1.54) is 6.07 Å². The first kappa shape index (κ1) is 10.0. The fourth-order valence-electron chi connectivity index (χ4n) is 1.15. The molecule has 3 heteroatoms. The molecule has 0 bridgehead atoms. The number of hydrogen-bond acceptors (Lipinski definition) is 1. The summed E-state index contributed by atoms with van der Waals surface area (Å²) in [5, 5.41) is 8.82. The maximum atomic E-state index is 13.2. The summed E-state index contributed by atoms with van der Waals surface area (Å²) in [5.41, 5.74) is 0.547. The first-order valence-electron chi connectivity index (χ1n) is 3.97. The molecule has 0 aliphatic heterocycles. The highest BCUT2D eigenvalue weighted by Crippen LogP contribution is 2.23. The van der Waals surface area contributed by atoms with Crippen LogP contribution in [-0.2, 0) is 0 Å². The Bertz CT molecular complexity index is 343. The fourth-order valence-corrected chi connectivity index (χ4v) is 1.31. The largest absolute Gasteiger partial charge is 0.207 e. The molecule has 1 aromatic carbocycles. The highest BCUT2D eigenvalue weighted by atomic mass is 35.5. The van der Waals surface area contributed by atoms with Gasteiger partial charge in [0.2, 0.25) is 0 Å². The van der Waals surface area contributed by atoms with Crippen molar-refractivity contribution >= 4 is 11.6 Å². The highest BCUT2D eigenvalue weighted by molar-refractivity contribution is 6.30. The number of nitrogens with zero attached hydrogens (tertiary/aromatic N) is 1. The first-order valence-corrected chi connectivity index (χ1v) is 4.35. The van der Waals surface area contributed by atoms with Gasteiger partial charge in [-0.3, -0.25) is 0 Å². The van der Waals surface area contributed by atoms with Gasteiger partial charge >= 0.3 is 0 Å². The SMILES string of the molecule is C[C@@H](CC#N)c1ccc(Cl)cc1F. The minimum Gasteiger partial charge on any atom is -0.207 e. The van der Waals surface area contributed by atoms with E-state index in [1.807, 2.05) is 13.0 Å². The lowest BCUT2D eigenvalue weighted by Gasteiger charge is -2.08. The lowest BCUT2D eigenvalue weighted by molar-refractivity contribution is 0.591. The number of benzene rings is 1. The third kappa shape index (κ3) is 2.43. The minimum atomic E-state index is -0.338. The van der Waals surface area contributed by atoms with E-state index in [4.69, 9.17) is 16.9 Å². The Kier molecular flexibility index (Phi) is 3.27. The van der Waals surface area contributed by atoms with Crippen LogP contribution >= 0.6 is 11.6 Å². The van der Waals surface area contributed by atoms with Crippen LogP contribution in [0.4, 0.5) is 4.39 Å². The molecule has 0 spiro atoms. The van der Waals surface area contributed by atoms with Crippen molar-refractivity contribution in [1.82, 2.24) is 0 Å². The summed E-state index contributed by atoms with van der Waals surface area (Å²) in [6.45, 7) is 1.82. The van der Waals surface area contributed by atoms with Gasteiger partial charge in [0.1, 0.15) is 5.82 Å². The Hall–Kier alpha value is -1.07. The zero-order chi connectivity index (χ0) is 9.84. The third-order valence-corrected chi connectivity index (χ3v) is 2.13. The molecule has 0 fully saturated rings. The summed E-state index contributed by atoms with van der Waals surface area (Å²) >= 11 is 5.59. The molecule has 0 aliphatic carbocycles. The molecule has 1 rings (SSSR count). The Morgan fingerprint density at radius 2 is 2.31 bits per heavy atom. The molecule has 0 amide bonds. The molecule has 0 saturated carbocycles. The van der Waals surface area contributed by atoms with Gasteiger partial charge in [0, 0.05) is 11.4 Å². The second kappa shape index (κ2) is 4.25. The average Bonchev–Trinajstić information content (AvgIpc) is 2.04. The summed E-state index contributed by atoms with van der Waals surface area (Å²) < 4.78 is 13.2. The fraction of sp³-hybridized carbons (Fsp3) is 0.300. The van der Waals surface area contributed by atoms with Crippen molar-refractivity contribution in [3.05, 3.63) is 34.6 Å². The number of rotatable bonds is 2. The average molecular weight is 198 g/mol. The maximum absolute atomic E-state index is 13.2. The van der Waals surface area contributed by atoms with Gasteiger partial charge in [-0.1, -0.05) is 24.6 Å². The van der Waals surface area contributed by atoms with Crippen LogP contribution in [0.15, 0.2) is 18.2 Å². The molecule has 0 aliphatic rings. The van der Waals surface area contributed by atoms with Gasteiger partial charge in [0.25, 0.3) is 0 Å². The zero-order valence-corrected chi connectivity index (χ0v) is 7.98. The van der Waals surface area contributed by atoms with Crippen LogP contribution < -0.4 is 0 Å². The molecule has 68 valence electrons. The number of hydrogen-bond donors (Lipinski definition) is 0. The molecule has 0 saturated heterocycles. The molecule has 0 radical (unpaired) electrons. The van der Waals surface area contributed by atoms with E-state index >= 15 is 0 Å². The number of halogens is 2. The molecule has 0 N–H and O–H groups in total. The van der Waals surface area contributed by atoms with Crippen LogP contribution in [-0.4, -0.2) is 0 Å². The van der Waals surface area contributed by atoms with Crippen LogP contribution in [0.3, 0.4) is 0 Å². The smallest absolute Gasteiger partial charge is 0.128 e. The second-order valence-corrected chi connectivity index (χ2v) is 3.37.